The average Bonchev–Trinajstić information content (AvgIpc) is 3.47. The highest BCUT2D eigenvalue weighted by Gasteiger charge is 2.43. The van der Waals surface area contributed by atoms with Gasteiger partial charge in [0.2, 0.25) is 11.1 Å². The summed E-state index contributed by atoms with van der Waals surface area (Å²) < 4.78 is 7.35. The molecule has 10 heteroatoms. The maximum atomic E-state index is 10.8. The van der Waals surface area contributed by atoms with Crippen LogP contribution in [0, 0.1) is 0 Å². The molecule has 9 nitrogen and oxygen atoms in total. The molecule has 1 unspecified atom stereocenters. The molecule has 3 aromatic rings. The van der Waals surface area contributed by atoms with E-state index >= 15 is 0 Å². The molecule has 0 bridgehead atoms. The molecule has 2 aromatic heterocycles. The Hall–Kier alpha value is -2.91. The standard InChI is InChI=1S/C18H16ClN7O2/c19-16-20-9-13-25(16)12-6-2-1-5-11(12)14-21-10-24(26(13)14)17-22-15(23-28-17)18(27)7-3-4-8-18/h1-2,5-6,9-10,14,27H,3-4,7-8H2. The maximum absolute atomic E-state index is 10.8. The third-order valence-electron chi connectivity index (χ3n) is 5.63. The number of aliphatic hydroxyl groups is 1. The van der Waals surface area contributed by atoms with E-state index < -0.39 is 5.60 Å². The minimum atomic E-state index is -1.02. The molecular formula is C18H16ClN7O2. The number of aliphatic imine (C=N–C) groups is 1. The molecule has 4 heterocycles. The zero-order valence-corrected chi connectivity index (χ0v) is 15.5. The molecule has 1 aliphatic carbocycles. The SMILES string of the molecule is OC1(c2noc(N3C=NC4c5ccccc5-n5c(cnc5Cl)N43)n2)CCCC1. The van der Waals surface area contributed by atoms with Crippen molar-refractivity contribution >= 4 is 29.8 Å². The van der Waals surface area contributed by atoms with Crippen LogP contribution < -0.4 is 10.0 Å². The first kappa shape index (κ1) is 16.1. The van der Waals surface area contributed by atoms with Gasteiger partial charge in [-0.1, -0.05) is 23.4 Å². The Morgan fingerprint density at radius 1 is 1.21 bits per heavy atom. The monoisotopic (exact) mass is 397 g/mol. The van der Waals surface area contributed by atoms with Crippen LogP contribution >= 0.6 is 11.6 Å². The zero-order chi connectivity index (χ0) is 18.9. The first-order valence-corrected chi connectivity index (χ1v) is 9.54. The van der Waals surface area contributed by atoms with Crippen LogP contribution in [0.15, 0.2) is 40.0 Å². The molecule has 28 heavy (non-hydrogen) atoms. The van der Waals surface area contributed by atoms with E-state index in [2.05, 4.69) is 20.1 Å². The first-order chi connectivity index (χ1) is 13.7. The lowest BCUT2D eigenvalue weighted by atomic mass is 10.0. The molecule has 0 amide bonds. The molecule has 0 spiro atoms. The summed E-state index contributed by atoms with van der Waals surface area (Å²) in [5, 5.41) is 18.7. The van der Waals surface area contributed by atoms with E-state index in [1.807, 2.05) is 33.8 Å². The van der Waals surface area contributed by atoms with Crippen LogP contribution in [-0.2, 0) is 5.60 Å². The van der Waals surface area contributed by atoms with Gasteiger partial charge in [0.05, 0.1) is 11.9 Å². The predicted molar refractivity (Wildman–Crippen MR) is 101 cm³/mol. The number of aromatic nitrogens is 4. The number of nitrogens with zero attached hydrogens (tertiary/aromatic N) is 7. The lowest BCUT2D eigenvalue weighted by Gasteiger charge is -2.35. The molecule has 1 aromatic carbocycles. The largest absolute Gasteiger partial charge is 0.382 e. The van der Waals surface area contributed by atoms with Crippen molar-refractivity contribution in [3.8, 4) is 5.69 Å². The van der Waals surface area contributed by atoms with Crippen molar-refractivity contribution < 1.29 is 9.63 Å². The Labute approximate surface area is 164 Å². The molecule has 6 rings (SSSR count). The van der Waals surface area contributed by atoms with Crippen molar-refractivity contribution in [3.63, 3.8) is 0 Å². The van der Waals surface area contributed by atoms with Crippen molar-refractivity contribution in [3.05, 3.63) is 47.1 Å². The number of hydrazine groups is 1. The molecule has 2 aliphatic heterocycles. The van der Waals surface area contributed by atoms with Crippen molar-refractivity contribution in [2.24, 2.45) is 4.99 Å². The average molecular weight is 398 g/mol. The maximum Gasteiger partial charge on any atom is 0.348 e. The molecule has 0 saturated heterocycles. The molecule has 1 atom stereocenters. The van der Waals surface area contributed by atoms with Crippen molar-refractivity contribution in [1.29, 1.82) is 0 Å². The number of halogens is 1. The Morgan fingerprint density at radius 3 is 2.89 bits per heavy atom. The van der Waals surface area contributed by atoms with Gasteiger partial charge in [0.15, 0.2) is 12.0 Å². The Kier molecular flexibility index (Phi) is 3.19. The number of benzene rings is 1. The molecule has 3 aliphatic rings. The van der Waals surface area contributed by atoms with Gasteiger partial charge in [-0.25, -0.2) is 15.0 Å². The predicted octanol–water partition coefficient (Wildman–Crippen LogP) is 2.95. The van der Waals surface area contributed by atoms with E-state index in [1.165, 1.54) is 0 Å². The Balaban J connectivity index is 1.44. The summed E-state index contributed by atoms with van der Waals surface area (Å²) in [4.78, 5) is 13.4. The molecule has 1 saturated carbocycles. The van der Waals surface area contributed by atoms with E-state index in [1.54, 1.807) is 17.5 Å². The second-order valence-corrected chi connectivity index (χ2v) is 7.58. The normalized spacial score (nSPS) is 21.7. The van der Waals surface area contributed by atoms with Crippen LogP contribution in [-0.4, -0.2) is 31.1 Å². The summed E-state index contributed by atoms with van der Waals surface area (Å²) in [6.07, 6.45) is 6.23. The van der Waals surface area contributed by atoms with Crippen LogP contribution in [0.1, 0.15) is 43.2 Å². The fourth-order valence-electron chi connectivity index (χ4n) is 4.25. The molecule has 142 valence electrons. The van der Waals surface area contributed by atoms with Gasteiger partial charge in [-0.05, 0) is 43.4 Å². The van der Waals surface area contributed by atoms with E-state index in [4.69, 9.17) is 16.1 Å². The minimum Gasteiger partial charge on any atom is -0.382 e. The third kappa shape index (κ3) is 2.05. The summed E-state index contributed by atoms with van der Waals surface area (Å²) >= 11 is 6.36. The van der Waals surface area contributed by atoms with E-state index in [0.717, 1.165) is 29.9 Å². The fraction of sp³-hybridized carbons (Fsp3) is 0.333. The number of hydrogen-bond acceptors (Lipinski definition) is 8. The zero-order valence-electron chi connectivity index (χ0n) is 14.7. The van der Waals surface area contributed by atoms with Gasteiger partial charge in [0, 0.05) is 5.56 Å². The van der Waals surface area contributed by atoms with Gasteiger partial charge in [-0.15, -0.1) is 0 Å². The van der Waals surface area contributed by atoms with Crippen LogP contribution in [0.5, 0.6) is 0 Å². The Bertz CT molecular complexity index is 1100. The third-order valence-corrected chi connectivity index (χ3v) is 5.90. The van der Waals surface area contributed by atoms with Gasteiger partial charge in [0.25, 0.3) is 0 Å². The highest BCUT2D eigenvalue weighted by molar-refractivity contribution is 6.29. The minimum absolute atomic E-state index is 0.241. The summed E-state index contributed by atoms with van der Waals surface area (Å²) in [6.45, 7) is 0. The van der Waals surface area contributed by atoms with Crippen LogP contribution in [0.25, 0.3) is 5.69 Å². The summed E-state index contributed by atoms with van der Waals surface area (Å²) in [5.74, 6) is 1.06. The lowest BCUT2D eigenvalue weighted by molar-refractivity contribution is 0.0328. The van der Waals surface area contributed by atoms with E-state index in [0.29, 0.717) is 23.9 Å². The summed E-state index contributed by atoms with van der Waals surface area (Å²) in [5.41, 5.74) is 0.909. The van der Waals surface area contributed by atoms with Gasteiger partial charge in [-0.3, -0.25) is 4.57 Å². The highest BCUT2D eigenvalue weighted by atomic mass is 35.5. The molecule has 1 fully saturated rings. The number of anilines is 2. The van der Waals surface area contributed by atoms with Crippen LogP contribution in [0.2, 0.25) is 5.28 Å². The molecular weight excluding hydrogens is 382 g/mol. The summed E-state index contributed by atoms with van der Waals surface area (Å²) in [6, 6.07) is 8.16. The van der Waals surface area contributed by atoms with Gasteiger partial charge >= 0.3 is 6.01 Å². The number of rotatable bonds is 2. The first-order valence-electron chi connectivity index (χ1n) is 9.16. The van der Waals surface area contributed by atoms with Gasteiger partial charge in [-0.2, -0.15) is 9.99 Å². The van der Waals surface area contributed by atoms with Crippen molar-refractivity contribution in [2.45, 2.75) is 37.5 Å². The number of fused-ring (bicyclic) bond motifs is 6. The van der Waals surface area contributed by atoms with E-state index in [9.17, 15) is 5.11 Å². The lowest BCUT2D eigenvalue weighted by Crippen LogP contribution is -2.42. The topological polar surface area (TPSA) is 95.8 Å². The van der Waals surface area contributed by atoms with Gasteiger partial charge < -0.3 is 9.63 Å². The number of hydrogen-bond donors (Lipinski definition) is 1. The smallest absolute Gasteiger partial charge is 0.348 e. The molecule has 0 radical (unpaired) electrons. The second-order valence-electron chi connectivity index (χ2n) is 7.25. The quantitative estimate of drug-likeness (QED) is 0.710. The highest BCUT2D eigenvalue weighted by Crippen LogP contribution is 2.45. The van der Waals surface area contributed by atoms with Crippen LogP contribution in [0.3, 0.4) is 0 Å². The van der Waals surface area contributed by atoms with Crippen molar-refractivity contribution in [2.75, 3.05) is 10.0 Å². The van der Waals surface area contributed by atoms with Crippen LogP contribution in [0.4, 0.5) is 11.8 Å². The van der Waals surface area contributed by atoms with Crippen molar-refractivity contribution in [1.82, 2.24) is 19.7 Å². The Morgan fingerprint density at radius 2 is 2.04 bits per heavy atom. The molecule has 1 N–H and O–H groups in total. The van der Waals surface area contributed by atoms with Gasteiger partial charge in [0.1, 0.15) is 11.9 Å². The number of para-hydroxylation sites is 1. The number of imidazole rings is 1. The fourth-order valence-corrected chi connectivity index (χ4v) is 4.47. The summed E-state index contributed by atoms with van der Waals surface area (Å²) in [7, 11) is 0. The second kappa shape index (κ2) is 5.55. The van der Waals surface area contributed by atoms with E-state index in [-0.39, 0.29) is 12.2 Å².